The number of nitrogens with zero attached hydrogens (tertiary/aromatic N) is 2. The molecule has 1 aliphatic carbocycles. The Bertz CT molecular complexity index is 380. The molecule has 2 N–H and O–H groups in total. The molecular weight excluding hydrogens is 202 g/mol. The molecule has 2 aliphatic rings. The number of nitrogen functional groups attached to an aromatic ring is 1. The summed E-state index contributed by atoms with van der Waals surface area (Å²) in [5, 5.41) is 4.71. The fourth-order valence-corrected chi connectivity index (χ4v) is 2.81. The third-order valence-corrected chi connectivity index (χ3v) is 3.76. The molecule has 1 fully saturated rings. The largest absolute Gasteiger partial charge is 0.384 e. The first-order valence-corrected chi connectivity index (χ1v) is 6.30. The van der Waals surface area contributed by atoms with Crippen molar-refractivity contribution < 1.29 is 4.74 Å². The number of hydrogen-bond acceptors (Lipinski definition) is 3. The van der Waals surface area contributed by atoms with Crippen LogP contribution >= 0.6 is 0 Å². The van der Waals surface area contributed by atoms with Crippen molar-refractivity contribution in [2.24, 2.45) is 0 Å². The molecule has 0 aromatic carbocycles. The number of aryl methyl sites for hydroxylation is 1. The van der Waals surface area contributed by atoms with Crippen LogP contribution in [0.5, 0.6) is 0 Å². The predicted octanol–water partition coefficient (Wildman–Crippen LogP) is 1.70. The zero-order chi connectivity index (χ0) is 11.0. The second kappa shape index (κ2) is 4.09. The lowest BCUT2D eigenvalue weighted by Crippen LogP contribution is -2.21. The van der Waals surface area contributed by atoms with E-state index in [0.29, 0.717) is 6.04 Å². The van der Waals surface area contributed by atoms with Gasteiger partial charge in [-0.2, -0.15) is 5.10 Å². The molecule has 4 nitrogen and oxygen atoms in total. The van der Waals surface area contributed by atoms with E-state index in [2.05, 4.69) is 4.68 Å². The van der Waals surface area contributed by atoms with Crippen molar-refractivity contribution in [3.63, 3.8) is 0 Å². The summed E-state index contributed by atoms with van der Waals surface area (Å²) in [5.74, 6) is 0.918. The van der Waals surface area contributed by atoms with Crippen LogP contribution in [-0.4, -0.2) is 23.0 Å². The zero-order valence-electron chi connectivity index (χ0n) is 9.61. The summed E-state index contributed by atoms with van der Waals surface area (Å²) in [6.07, 6.45) is 6.84. The number of aromatic nitrogens is 2. The highest BCUT2D eigenvalue weighted by Gasteiger charge is 2.24. The summed E-state index contributed by atoms with van der Waals surface area (Å²) in [6.45, 7) is 1.68. The average Bonchev–Trinajstić information content (AvgIpc) is 2.69. The molecule has 2 heterocycles. The van der Waals surface area contributed by atoms with E-state index in [0.717, 1.165) is 44.7 Å². The van der Waals surface area contributed by atoms with Gasteiger partial charge in [0.2, 0.25) is 0 Å². The third kappa shape index (κ3) is 1.61. The SMILES string of the molecule is Nc1c2c(nn1C1CCOCC1)CCCC2. The van der Waals surface area contributed by atoms with E-state index in [4.69, 9.17) is 15.6 Å². The first-order valence-electron chi connectivity index (χ1n) is 6.30. The number of anilines is 1. The van der Waals surface area contributed by atoms with Crippen molar-refractivity contribution in [2.45, 2.75) is 44.6 Å². The summed E-state index contributed by atoms with van der Waals surface area (Å²) in [4.78, 5) is 0. The maximum atomic E-state index is 6.21. The minimum Gasteiger partial charge on any atom is -0.384 e. The zero-order valence-corrected chi connectivity index (χ0v) is 9.61. The fraction of sp³-hybridized carbons (Fsp3) is 0.750. The molecule has 88 valence electrons. The third-order valence-electron chi connectivity index (χ3n) is 3.76. The van der Waals surface area contributed by atoms with Gasteiger partial charge in [-0.15, -0.1) is 0 Å². The number of rotatable bonds is 1. The lowest BCUT2D eigenvalue weighted by molar-refractivity contribution is 0.0668. The second-order valence-corrected chi connectivity index (χ2v) is 4.81. The van der Waals surface area contributed by atoms with Crippen molar-refractivity contribution in [1.29, 1.82) is 0 Å². The molecule has 0 bridgehead atoms. The van der Waals surface area contributed by atoms with Crippen molar-refractivity contribution in [2.75, 3.05) is 18.9 Å². The summed E-state index contributed by atoms with van der Waals surface area (Å²) in [7, 11) is 0. The van der Waals surface area contributed by atoms with Crippen LogP contribution in [0, 0.1) is 0 Å². The van der Waals surface area contributed by atoms with E-state index in [1.807, 2.05) is 0 Å². The Morgan fingerprint density at radius 3 is 2.69 bits per heavy atom. The summed E-state index contributed by atoms with van der Waals surface area (Å²) in [5.41, 5.74) is 8.78. The van der Waals surface area contributed by atoms with Gasteiger partial charge in [0.15, 0.2) is 0 Å². The molecule has 16 heavy (non-hydrogen) atoms. The van der Waals surface area contributed by atoms with E-state index in [9.17, 15) is 0 Å². The van der Waals surface area contributed by atoms with Crippen LogP contribution in [0.4, 0.5) is 5.82 Å². The van der Waals surface area contributed by atoms with Crippen LogP contribution < -0.4 is 5.73 Å². The maximum Gasteiger partial charge on any atom is 0.125 e. The lowest BCUT2D eigenvalue weighted by atomic mass is 9.97. The Balaban J connectivity index is 1.91. The topological polar surface area (TPSA) is 53.1 Å². The van der Waals surface area contributed by atoms with E-state index in [-0.39, 0.29) is 0 Å². The molecule has 1 aromatic heterocycles. The highest BCUT2D eigenvalue weighted by atomic mass is 16.5. The van der Waals surface area contributed by atoms with Crippen molar-refractivity contribution in [3.05, 3.63) is 11.3 Å². The van der Waals surface area contributed by atoms with E-state index < -0.39 is 0 Å². The van der Waals surface area contributed by atoms with Gasteiger partial charge in [0.25, 0.3) is 0 Å². The number of hydrogen-bond donors (Lipinski definition) is 1. The molecule has 1 aromatic rings. The van der Waals surface area contributed by atoms with Gasteiger partial charge in [-0.05, 0) is 38.5 Å². The Labute approximate surface area is 95.8 Å². The van der Waals surface area contributed by atoms with Crippen molar-refractivity contribution in [1.82, 2.24) is 9.78 Å². The number of nitrogens with two attached hydrogens (primary N) is 1. The summed E-state index contributed by atoms with van der Waals surface area (Å²) >= 11 is 0. The molecule has 3 rings (SSSR count). The molecule has 0 unspecified atom stereocenters. The smallest absolute Gasteiger partial charge is 0.125 e. The van der Waals surface area contributed by atoms with E-state index in [1.54, 1.807) is 0 Å². The normalized spacial score (nSPS) is 22.0. The standard InChI is InChI=1S/C12H19N3O/c13-12-10-3-1-2-4-11(10)14-15(12)9-5-7-16-8-6-9/h9H,1-8,13H2. The van der Waals surface area contributed by atoms with Gasteiger partial charge in [0, 0.05) is 18.8 Å². The van der Waals surface area contributed by atoms with Gasteiger partial charge in [-0.3, -0.25) is 0 Å². The molecule has 1 aliphatic heterocycles. The molecule has 0 spiro atoms. The van der Waals surface area contributed by atoms with Crippen molar-refractivity contribution in [3.8, 4) is 0 Å². The fourth-order valence-electron chi connectivity index (χ4n) is 2.81. The molecule has 1 saturated heterocycles. The number of fused-ring (bicyclic) bond motifs is 1. The Hall–Kier alpha value is -1.03. The summed E-state index contributed by atoms with van der Waals surface area (Å²) < 4.78 is 7.45. The van der Waals surface area contributed by atoms with Crippen LogP contribution in [0.15, 0.2) is 0 Å². The van der Waals surface area contributed by atoms with Gasteiger partial charge in [0.05, 0.1) is 11.7 Å². The predicted molar refractivity (Wildman–Crippen MR) is 62.4 cm³/mol. The van der Waals surface area contributed by atoms with Gasteiger partial charge in [0.1, 0.15) is 5.82 Å². The van der Waals surface area contributed by atoms with Crippen LogP contribution in [0.1, 0.15) is 43.0 Å². The van der Waals surface area contributed by atoms with Gasteiger partial charge in [-0.25, -0.2) is 4.68 Å². The van der Waals surface area contributed by atoms with E-state index >= 15 is 0 Å². The Morgan fingerprint density at radius 2 is 1.94 bits per heavy atom. The molecule has 0 saturated carbocycles. The van der Waals surface area contributed by atoms with Crippen molar-refractivity contribution >= 4 is 5.82 Å². The maximum absolute atomic E-state index is 6.21. The molecule has 0 radical (unpaired) electrons. The monoisotopic (exact) mass is 221 g/mol. The first kappa shape index (κ1) is 10.1. The Kier molecular flexibility index (Phi) is 2.59. The average molecular weight is 221 g/mol. The van der Waals surface area contributed by atoms with E-state index in [1.165, 1.54) is 24.1 Å². The molecule has 4 heteroatoms. The minimum absolute atomic E-state index is 0.458. The molecule has 0 amide bonds. The van der Waals surface area contributed by atoms with Crippen LogP contribution in [0.25, 0.3) is 0 Å². The second-order valence-electron chi connectivity index (χ2n) is 4.81. The lowest BCUT2D eigenvalue weighted by Gasteiger charge is -2.23. The highest BCUT2D eigenvalue weighted by Crippen LogP contribution is 2.30. The van der Waals surface area contributed by atoms with Crippen LogP contribution in [0.2, 0.25) is 0 Å². The van der Waals surface area contributed by atoms with Crippen LogP contribution in [0.3, 0.4) is 0 Å². The van der Waals surface area contributed by atoms with Gasteiger partial charge >= 0.3 is 0 Å². The first-order chi connectivity index (χ1) is 7.86. The number of ether oxygens (including phenoxy) is 1. The quantitative estimate of drug-likeness (QED) is 0.785. The van der Waals surface area contributed by atoms with Gasteiger partial charge < -0.3 is 10.5 Å². The minimum atomic E-state index is 0.458. The summed E-state index contributed by atoms with van der Waals surface area (Å²) in [6, 6.07) is 0.458. The molecular formula is C12H19N3O. The van der Waals surface area contributed by atoms with Crippen LogP contribution in [-0.2, 0) is 17.6 Å². The Morgan fingerprint density at radius 1 is 1.19 bits per heavy atom. The van der Waals surface area contributed by atoms with Gasteiger partial charge in [-0.1, -0.05) is 0 Å². The highest BCUT2D eigenvalue weighted by molar-refractivity contribution is 5.45. The molecule has 0 atom stereocenters.